The molecule has 1 amide bonds. The Labute approximate surface area is 115 Å². The van der Waals surface area contributed by atoms with E-state index in [1.165, 1.54) is 0 Å². The first-order valence-electron chi connectivity index (χ1n) is 6.65. The van der Waals surface area contributed by atoms with Crippen molar-refractivity contribution < 1.29 is 9.53 Å². The Bertz CT molecular complexity index is 405. The van der Waals surface area contributed by atoms with Crippen molar-refractivity contribution in [3.05, 3.63) is 35.4 Å². The molecule has 0 heterocycles. The number of rotatable bonds is 7. The first kappa shape index (κ1) is 15.7. The van der Waals surface area contributed by atoms with Gasteiger partial charge in [-0.3, -0.25) is 4.79 Å². The highest BCUT2D eigenvalue weighted by atomic mass is 16.5. The number of carbonyl (C=O) groups is 1. The summed E-state index contributed by atoms with van der Waals surface area (Å²) in [6, 6.07) is 8.00. The molecule has 1 aromatic rings. The van der Waals surface area contributed by atoms with E-state index in [-0.39, 0.29) is 11.9 Å². The van der Waals surface area contributed by atoms with Crippen LogP contribution in [0.2, 0.25) is 0 Å². The first-order valence-corrected chi connectivity index (χ1v) is 6.65. The Morgan fingerprint density at radius 1 is 1.32 bits per heavy atom. The Hall–Kier alpha value is -1.39. The van der Waals surface area contributed by atoms with Crippen LogP contribution in [0, 0.1) is 0 Å². The lowest BCUT2D eigenvalue weighted by Gasteiger charge is -2.27. The van der Waals surface area contributed by atoms with Gasteiger partial charge in [0, 0.05) is 26.2 Å². The normalized spacial score (nSPS) is 10.8. The molecule has 0 atom stereocenters. The largest absolute Gasteiger partial charge is 0.383 e. The minimum atomic E-state index is 0.118. The van der Waals surface area contributed by atoms with Crippen LogP contribution in [0.25, 0.3) is 0 Å². The molecule has 0 aliphatic rings. The molecule has 106 valence electrons. The number of amides is 1. The van der Waals surface area contributed by atoms with E-state index < -0.39 is 0 Å². The molecule has 2 N–H and O–H groups in total. The Balaban J connectivity index is 2.75. The lowest BCUT2D eigenvalue weighted by atomic mass is 10.0. The lowest BCUT2D eigenvalue weighted by Crippen LogP contribution is -2.40. The second-order valence-electron chi connectivity index (χ2n) is 4.82. The van der Waals surface area contributed by atoms with Gasteiger partial charge in [0.2, 0.25) is 5.91 Å². The van der Waals surface area contributed by atoms with E-state index >= 15 is 0 Å². The van der Waals surface area contributed by atoms with Crippen molar-refractivity contribution >= 4 is 5.91 Å². The SMILES string of the molecule is COCCN(C(=O)Cc1ccccc1CN)C(C)C. The first-order chi connectivity index (χ1) is 9.10. The minimum Gasteiger partial charge on any atom is -0.383 e. The third-order valence-electron chi connectivity index (χ3n) is 3.16. The Kier molecular flexibility index (Phi) is 6.53. The fourth-order valence-corrected chi connectivity index (χ4v) is 2.05. The predicted molar refractivity (Wildman–Crippen MR) is 76.8 cm³/mol. The van der Waals surface area contributed by atoms with Gasteiger partial charge in [0.25, 0.3) is 0 Å². The van der Waals surface area contributed by atoms with Crippen LogP contribution in [0.3, 0.4) is 0 Å². The molecule has 0 fully saturated rings. The van der Waals surface area contributed by atoms with E-state index in [1.807, 2.05) is 43.0 Å². The van der Waals surface area contributed by atoms with Crippen molar-refractivity contribution in [2.75, 3.05) is 20.3 Å². The summed E-state index contributed by atoms with van der Waals surface area (Å²) < 4.78 is 5.05. The van der Waals surface area contributed by atoms with Crippen LogP contribution in [-0.4, -0.2) is 37.1 Å². The van der Waals surface area contributed by atoms with Crippen molar-refractivity contribution in [2.45, 2.75) is 32.9 Å². The van der Waals surface area contributed by atoms with Crippen molar-refractivity contribution in [1.29, 1.82) is 0 Å². The molecule has 19 heavy (non-hydrogen) atoms. The van der Waals surface area contributed by atoms with Crippen molar-refractivity contribution in [2.24, 2.45) is 5.73 Å². The lowest BCUT2D eigenvalue weighted by molar-refractivity contribution is -0.132. The number of methoxy groups -OCH3 is 1. The van der Waals surface area contributed by atoms with Gasteiger partial charge in [-0.25, -0.2) is 0 Å². The molecule has 0 spiro atoms. The summed E-state index contributed by atoms with van der Waals surface area (Å²) in [5.74, 6) is 0.118. The molecule has 0 aliphatic heterocycles. The smallest absolute Gasteiger partial charge is 0.227 e. The fraction of sp³-hybridized carbons (Fsp3) is 0.533. The number of carbonyl (C=O) groups excluding carboxylic acids is 1. The topological polar surface area (TPSA) is 55.6 Å². The Morgan fingerprint density at radius 2 is 1.95 bits per heavy atom. The molecule has 0 bridgehead atoms. The van der Waals surface area contributed by atoms with Gasteiger partial charge in [0.1, 0.15) is 0 Å². The molecule has 4 nitrogen and oxygen atoms in total. The molecule has 1 rings (SSSR count). The zero-order chi connectivity index (χ0) is 14.3. The maximum atomic E-state index is 12.4. The number of hydrogen-bond acceptors (Lipinski definition) is 3. The molecular formula is C15H24N2O2. The summed E-state index contributed by atoms with van der Waals surface area (Å²) in [7, 11) is 1.65. The van der Waals surface area contributed by atoms with Gasteiger partial charge in [-0.05, 0) is 25.0 Å². The molecule has 0 unspecified atom stereocenters. The molecule has 0 aromatic heterocycles. The molecule has 0 saturated heterocycles. The molecule has 1 aromatic carbocycles. The van der Waals surface area contributed by atoms with Crippen LogP contribution < -0.4 is 5.73 Å². The number of hydrogen-bond donors (Lipinski definition) is 1. The fourth-order valence-electron chi connectivity index (χ4n) is 2.05. The van der Waals surface area contributed by atoms with Crippen LogP contribution in [-0.2, 0) is 22.5 Å². The molecular weight excluding hydrogens is 240 g/mol. The molecule has 4 heteroatoms. The summed E-state index contributed by atoms with van der Waals surface area (Å²) in [6.07, 6.45) is 0.398. The van der Waals surface area contributed by atoms with Crippen LogP contribution >= 0.6 is 0 Å². The molecule has 0 aliphatic carbocycles. The summed E-state index contributed by atoms with van der Waals surface area (Å²) in [4.78, 5) is 14.2. The summed E-state index contributed by atoms with van der Waals surface area (Å²) >= 11 is 0. The van der Waals surface area contributed by atoms with Crippen molar-refractivity contribution in [3.8, 4) is 0 Å². The number of nitrogens with zero attached hydrogens (tertiary/aromatic N) is 1. The van der Waals surface area contributed by atoms with Crippen LogP contribution in [0.5, 0.6) is 0 Å². The van der Waals surface area contributed by atoms with Gasteiger partial charge in [0.05, 0.1) is 13.0 Å². The number of nitrogens with two attached hydrogens (primary N) is 1. The summed E-state index contributed by atoms with van der Waals surface area (Å²) in [5, 5.41) is 0. The van der Waals surface area contributed by atoms with Gasteiger partial charge < -0.3 is 15.4 Å². The van der Waals surface area contributed by atoms with Gasteiger partial charge >= 0.3 is 0 Å². The standard InChI is InChI=1S/C15H24N2O2/c1-12(2)17(8-9-19-3)15(18)10-13-6-4-5-7-14(13)11-16/h4-7,12H,8-11,16H2,1-3H3. The second-order valence-corrected chi connectivity index (χ2v) is 4.82. The summed E-state index contributed by atoms with van der Waals surface area (Å²) in [6.45, 7) is 5.67. The van der Waals surface area contributed by atoms with Crippen LogP contribution in [0.1, 0.15) is 25.0 Å². The Morgan fingerprint density at radius 3 is 2.47 bits per heavy atom. The monoisotopic (exact) mass is 264 g/mol. The predicted octanol–water partition coefficient (Wildman–Crippen LogP) is 1.57. The second kappa shape index (κ2) is 7.92. The average Bonchev–Trinajstić information content (AvgIpc) is 2.39. The van der Waals surface area contributed by atoms with E-state index in [1.54, 1.807) is 7.11 Å². The highest BCUT2D eigenvalue weighted by molar-refractivity contribution is 5.79. The van der Waals surface area contributed by atoms with Crippen molar-refractivity contribution in [3.63, 3.8) is 0 Å². The zero-order valence-electron chi connectivity index (χ0n) is 12.1. The quantitative estimate of drug-likeness (QED) is 0.813. The minimum absolute atomic E-state index is 0.118. The van der Waals surface area contributed by atoms with Gasteiger partial charge in [-0.2, -0.15) is 0 Å². The molecule has 0 radical (unpaired) electrons. The third kappa shape index (κ3) is 4.65. The van der Waals surface area contributed by atoms with Gasteiger partial charge in [-0.15, -0.1) is 0 Å². The van der Waals surface area contributed by atoms with E-state index in [4.69, 9.17) is 10.5 Å². The van der Waals surface area contributed by atoms with E-state index in [2.05, 4.69) is 0 Å². The number of benzene rings is 1. The maximum absolute atomic E-state index is 12.4. The van der Waals surface area contributed by atoms with E-state index in [0.29, 0.717) is 26.1 Å². The maximum Gasteiger partial charge on any atom is 0.227 e. The zero-order valence-corrected chi connectivity index (χ0v) is 12.1. The third-order valence-corrected chi connectivity index (χ3v) is 3.16. The van der Waals surface area contributed by atoms with E-state index in [0.717, 1.165) is 11.1 Å². The molecule has 0 saturated carbocycles. The van der Waals surface area contributed by atoms with Crippen LogP contribution in [0.15, 0.2) is 24.3 Å². The van der Waals surface area contributed by atoms with Crippen LogP contribution in [0.4, 0.5) is 0 Å². The van der Waals surface area contributed by atoms with Crippen molar-refractivity contribution in [1.82, 2.24) is 4.90 Å². The van der Waals surface area contributed by atoms with Gasteiger partial charge in [-0.1, -0.05) is 24.3 Å². The number of ether oxygens (including phenoxy) is 1. The highest BCUT2D eigenvalue weighted by Crippen LogP contribution is 2.11. The average molecular weight is 264 g/mol. The van der Waals surface area contributed by atoms with E-state index in [9.17, 15) is 4.79 Å². The van der Waals surface area contributed by atoms with Gasteiger partial charge in [0.15, 0.2) is 0 Å². The highest BCUT2D eigenvalue weighted by Gasteiger charge is 2.17. The summed E-state index contributed by atoms with van der Waals surface area (Å²) in [5.41, 5.74) is 7.74.